The zero-order valence-corrected chi connectivity index (χ0v) is 13.7. The highest BCUT2D eigenvalue weighted by atomic mass is 32.1. The lowest BCUT2D eigenvalue weighted by Gasteiger charge is -2.34. The molecule has 0 radical (unpaired) electrons. The van der Waals surface area contributed by atoms with Crippen LogP contribution in [0.25, 0.3) is 0 Å². The Morgan fingerprint density at radius 1 is 1.30 bits per heavy atom. The van der Waals surface area contributed by atoms with Crippen molar-refractivity contribution in [3.05, 3.63) is 75.7 Å². The first-order chi connectivity index (χ1) is 11.2. The summed E-state index contributed by atoms with van der Waals surface area (Å²) in [6, 6.07) is 10.3. The number of hydrogen-bond donors (Lipinski definition) is 0. The van der Waals surface area contributed by atoms with E-state index in [4.69, 9.17) is 0 Å². The van der Waals surface area contributed by atoms with Crippen LogP contribution in [0, 0.1) is 0 Å². The van der Waals surface area contributed by atoms with Crippen LogP contribution in [0.2, 0.25) is 0 Å². The summed E-state index contributed by atoms with van der Waals surface area (Å²) in [5, 5.41) is 8.17. The summed E-state index contributed by atoms with van der Waals surface area (Å²) in [5.74, 6) is 0.283. The Kier molecular flexibility index (Phi) is 3.50. The SMILES string of the molecule is Cn1cc(C2CN(C(=O)c3ccsc3)Cc3ccccc32)cn1. The number of rotatable bonds is 2. The summed E-state index contributed by atoms with van der Waals surface area (Å²) < 4.78 is 1.82. The smallest absolute Gasteiger partial charge is 0.255 e. The molecule has 0 bridgehead atoms. The van der Waals surface area contributed by atoms with Gasteiger partial charge in [-0.25, -0.2) is 0 Å². The maximum absolute atomic E-state index is 12.8. The van der Waals surface area contributed by atoms with Gasteiger partial charge in [0.1, 0.15) is 0 Å². The zero-order chi connectivity index (χ0) is 15.8. The van der Waals surface area contributed by atoms with E-state index in [9.17, 15) is 4.79 Å². The van der Waals surface area contributed by atoms with Gasteiger partial charge in [0.2, 0.25) is 0 Å². The Morgan fingerprint density at radius 2 is 2.17 bits per heavy atom. The van der Waals surface area contributed by atoms with Crippen LogP contribution in [0.1, 0.15) is 33.0 Å². The lowest BCUT2D eigenvalue weighted by Crippen LogP contribution is -2.38. The minimum Gasteiger partial charge on any atom is -0.333 e. The summed E-state index contributed by atoms with van der Waals surface area (Å²) >= 11 is 1.56. The molecule has 4 nitrogen and oxygen atoms in total. The van der Waals surface area contributed by atoms with Gasteiger partial charge in [0.15, 0.2) is 0 Å². The van der Waals surface area contributed by atoms with Crippen molar-refractivity contribution in [1.82, 2.24) is 14.7 Å². The molecule has 23 heavy (non-hydrogen) atoms. The number of aromatic nitrogens is 2. The second kappa shape index (κ2) is 5.66. The third-order valence-corrected chi connectivity index (χ3v) is 5.06. The molecule has 3 aromatic rings. The Labute approximate surface area is 139 Å². The Balaban J connectivity index is 1.72. The van der Waals surface area contributed by atoms with E-state index in [0.29, 0.717) is 13.1 Å². The highest BCUT2D eigenvalue weighted by Gasteiger charge is 2.30. The van der Waals surface area contributed by atoms with E-state index in [-0.39, 0.29) is 11.8 Å². The number of benzene rings is 1. The van der Waals surface area contributed by atoms with Gasteiger partial charge in [0.25, 0.3) is 5.91 Å². The lowest BCUT2D eigenvalue weighted by atomic mass is 9.86. The van der Waals surface area contributed by atoms with Gasteiger partial charge in [0, 0.05) is 37.6 Å². The number of fused-ring (bicyclic) bond motifs is 1. The van der Waals surface area contributed by atoms with Crippen LogP contribution >= 0.6 is 11.3 Å². The summed E-state index contributed by atoms with van der Waals surface area (Å²) in [6.07, 6.45) is 3.94. The molecule has 2 aromatic heterocycles. The van der Waals surface area contributed by atoms with Crippen LogP contribution in [-0.2, 0) is 13.6 Å². The van der Waals surface area contributed by atoms with Crippen molar-refractivity contribution >= 4 is 17.2 Å². The molecule has 1 unspecified atom stereocenters. The van der Waals surface area contributed by atoms with Crippen LogP contribution in [-0.4, -0.2) is 27.1 Å². The summed E-state index contributed by atoms with van der Waals surface area (Å²) in [4.78, 5) is 14.7. The van der Waals surface area contributed by atoms with Crippen molar-refractivity contribution in [2.75, 3.05) is 6.54 Å². The number of nitrogens with zero attached hydrogens (tertiary/aromatic N) is 3. The molecule has 0 aliphatic carbocycles. The van der Waals surface area contributed by atoms with Crippen LogP contribution in [0.15, 0.2) is 53.5 Å². The molecule has 0 spiro atoms. The highest BCUT2D eigenvalue weighted by molar-refractivity contribution is 7.08. The van der Waals surface area contributed by atoms with Gasteiger partial charge in [-0.2, -0.15) is 16.4 Å². The van der Waals surface area contributed by atoms with E-state index in [1.165, 1.54) is 11.1 Å². The van der Waals surface area contributed by atoms with Gasteiger partial charge in [-0.1, -0.05) is 24.3 Å². The Hall–Kier alpha value is -2.40. The van der Waals surface area contributed by atoms with E-state index in [2.05, 4.69) is 23.3 Å². The fourth-order valence-electron chi connectivity index (χ4n) is 3.24. The van der Waals surface area contributed by atoms with E-state index >= 15 is 0 Å². The summed E-state index contributed by atoms with van der Waals surface area (Å²) in [5.41, 5.74) is 4.45. The topological polar surface area (TPSA) is 38.1 Å². The van der Waals surface area contributed by atoms with Crippen LogP contribution < -0.4 is 0 Å². The first-order valence-electron chi connectivity index (χ1n) is 7.60. The van der Waals surface area contributed by atoms with Gasteiger partial charge in [-0.3, -0.25) is 9.48 Å². The monoisotopic (exact) mass is 323 g/mol. The largest absolute Gasteiger partial charge is 0.333 e. The average molecular weight is 323 g/mol. The lowest BCUT2D eigenvalue weighted by molar-refractivity contribution is 0.0725. The van der Waals surface area contributed by atoms with Crippen LogP contribution in [0.5, 0.6) is 0 Å². The minimum absolute atomic E-state index is 0.106. The third-order valence-electron chi connectivity index (χ3n) is 4.38. The third kappa shape index (κ3) is 2.57. The van der Waals surface area contributed by atoms with E-state index in [1.807, 2.05) is 51.9 Å². The Bertz CT molecular complexity index is 838. The number of amides is 1. The average Bonchev–Trinajstić information content (AvgIpc) is 3.24. The van der Waals surface area contributed by atoms with E-state index in [1.54, 1.807) is 11.3 Å². The fraction of sp³-hybridized carbons (Fsp3) is 0.222. The molecule has 1 aromatic carbocycles. The summed E-state index contributed by atoms with van der Waals surface area (Å²) in [7, 11) is 1.92. The second-order valence-corrected chi connectivity index (χ2v) is 6.68. The molecule has 0 saturated heterocycles. The molecule has 0 saturated carbocycles. The predicted octanol–water partition coefficient (Wildman–Crippen LogP) is 3.27. The number of thiophene rings is 1. The fourth-order valence-corrected chi connectivity index (χ4v) is 3.87. The molecule has 5 heteroatoms. The Morgan fingerprint density at radius 3 is 2.91 bits per heavy atom. The van der Waals surface area contributed by atoms with Gasteiger partial charge in [0.05, 0.1) is 11.8 Å². The van der Waals surface area contributed by atoms with Crippen molar-refractivity contribution in [3.8, 4) is 0 Å². The van der Waals surface area contributed by atoms with Crippen molar-refractivity contribution in [2.24, 2.45) is 7.05 Å². The molecule has 4 rings (SSSR count). The number of hydrogen-bond acceptors (Lipinski definition) is 3. The van der Waals surface area contributed by atoms with Crippen LogP contribution in [0.3, 0.4) is 0 Å². The van der Waals surface area contributed by atoms with Gasteiger partial charge in [-0.15, -0.1) is 0 Å². The molecular formula is C18H17N3OS. The van der Waals surface area contributed by atoms with Gasteiger partial charge >= 0.3 is 0 Å². The zero-order valence-electron chi connectivity index (χ0n) is 12.8. The number of aryl methyl sites for hydroxylation is 1. The maximum Gasteiger partial charge on any atom is 0.255 e. The molecule has 116 valence electrons. The molecule has 1 amide bonds. The molecule has 3 heterocycles. The standard InChI is InChI=1S/C18H17N3OS/c1-20-9-15(8-19-20)17-11-21(18(22)14-6-7-23-12-14)10-13-4-2-3-5-16(13)17/h2-9,12,17H,10-11H2,1H3. The molecule has 1 aliphatic heterocycles. The van der Waals surface area contributed by atoms with E-state index < -0.39 is 0 Å². The first-order valence-corrected chi connectivity index (χ1v) is 8.54. The second-order valence-electron chi connectivity index (χ2n) is 5.90. The minimum atomic E-state index is 0.106. The molecule has 0 fully saturated rings. The molecule has 1 atom stereocenters. The normalized spacial score (nSPS) is 17.1. The van der Waals surface area contributed by atoms with Crippen molar-refractivity contribution in [1.29, 1.82) is 0 Å². The number of carbonyl (C=O) groups is 1. The van der Waals surface area contributed by atoms with Gasteiger partial charge in [-0.05, 0) is 28.1 Å². The highest BCUT2D eigenvalue weighted by Crippen LogP contribution is 2.33. The molecule has 1 aliphatic rings. The predicted molar refractivity (Wildman–Crippen MR) is 90.6 cm³/mol. The number of carbonyl (C=O) groups excluding carboxylic acids is 1. The molecular weight excluding hydrogens is 306 g/mol. The quantitative estimate of drug-likeness (QED) is 0.726. The van der Waals surface area contributed by atoms with Crippen molar-refractivity contribution in [3.63, 3.8) is 0 Å². The van der Waals surface area contributed by atoms with Crippen molar-refractivity contribution in [2.45, 2.75) is 12.5 Å². The van der Waals surface area contributed by atoms with Gasteiger partial charge < -0.3 is 4.90 Å². The summed E-state index contributed by atoms with van der Waals surface area (Å²) in [6.45, 7) is 1.36. The maximum atomic E-state index is 12.8. The van der Waals surface area contributed by atoms with Crippen molar-refractivity contribution < 1.29 is 4.79 Å². The van der Waals surface area contributed by atoms with Crippen LogP contribution in [0.4, 0.5) is 0 Å². The first kappa shape index (κ1) is 14.2. The molecule has 0 N–H and O–H groups in total. The van der Waals surface area contributed by atoms with E-state index in [0.717, 1.165) is 11.1 Å².